The molecular formula is C28H29ClN2O4. The quantitative estimate of drug-likeness (QED) is 0.329. The SMILES string of the molecule is CCOc1ccc(Cc2cc(C3CC(O)CC(/C=N/NC(=O)c4ccccc4)O3)ccc2Cl)cc1. The third-order valence-corrected chi connectivity index (χ3v) is 6.21. The molecule has 0 bridgehead atoms. The molecule has 0 radical (unpaired) electrons. The lowest BCUT2D eigenvalue weighted by Gasteiger charge is -2.32. The first-order valence-corrected chi connectivity index (χ1v) is 12.1. The maximum absolute atomic E-state index is 12.2. The average Bonchev–Trinajstić information content (AvgIpc) is 2.87. The number of hydrazone groups is 1. The van der Waals surface area contributed by atoms with Crippen molar-refractivity contribution in [2.45, 2.75) is 44.5 Å². The summed E-state index contributed by atoms with van der Waals surface area (Å²) >= 11 is 6.50. The number of rotatable bonds is 8. The third-order valence-electron chi connectivity index (χ3n) is 5.84. The van der Waals surface area contributed by atoms with E-state index >= 15 is 0 Å². The van der Waals surface area contributed by atoms with Crippen molar-refractivity contribution in [3.63, 3.8) is 0 Å². The summed E-state index contributed by atoms with van der Waals surface area (Å²) in [7, 11) is 0. The van der Waals surface area contributed by atoms with Crippen LogP contribution in [0.4, 0.5) is 0 Å². The number of benzene rings is 3. The highest BCUT2D eigenvalue weighted by molar-refractivity contribution is 6.31. The zero-order chi connectivity index (χ0) is 24.6. The number of aliphatic hydroxyl groups is 1. The van der Waals surface area contributed by atoms with E-state index in [1.165, 1.54) is 6.21 Å². The monoisotopic (exact) mass is 492 g/mol. The van der Waals surface area contributed by atoms with Gasteiger partial charge in [-0.2, -0.15) is 5.10 Å². The molecule has 1 heterocycles. The lowest BCUT2D eigenvalue weighted by Crippen LogP contribution is -2.33. The Morgan fingerprint density at radius 2 is 1.91 bits per heavy atom. The van der Waals surface area contributed by atoms with Crippen molar-refractivity contribution >= 4 is 23.7 Å². The largest absolute Gasteiger partial charge is 0.494 e. The molecule has 3 aromatic rings. The van der Waals surface area contributed by atoms with Gasteiger partial charge in [0, 0.05) is 23.4 Å². The number of amides is 1. The Bertz CT molecular complexity index is 1150. The van der Waals surface area contributed by atoms with Crippen LogP contribution in [0.25, 0.3) is 0 Å². The Morgan fingerprint density at radius 1 is 1.14 bits per heavy atom. The lowest BCUT2D eigenvalue weighted by atomic mass is 9.94. The van der Waals surface area contributed by atoms with Gasteiger partial charge < -0.3 is 14.6 Å². The fourth-order valence-corrected chi connectivity index (χ4v) is 4.28. The van der Waals surface area contributed by atoms with Crippen LogP contribution in [-0.4, -0.2) is 36.0 Å². The molecule has 35 heavy (non-hydrogen) atoms. The molecule has 3 aromatic carbocycles. The third kappa shape index (κ3) is 6.92. The molecule has 1 aliphatic heterocycles. The van der Waals surface area contributed by atoms with E-state index in [2.05, 4.69) is 10.5 Å². The van der Waals surface area contributed by atoms with Gasteiger partial charge in [-0.05, 0) is 60.4 Å². The first kappa shape index (κ1) is 24.9. The predicted octanol–water partition coefficient (Wildman–Crippen LogP) is 5.33. The van der Waals surface area contributed by atoms with E-state index in [9.17, 15) is 9.90 Å². The van der Waals surface area contributed by atoms with Gasteiger partial charge in [-0.15, -0.1) is 0 Å². The summed E-state index contributed by atoms with van der Waals surface area (Å²) in [5.41, 5.74) is 6.09. The summed E-state index contributed by atoms with van der Waals surface area (Å²) in [5.74, 6) is 0.541. The minimum Gasteiger partial charge on any atom is -0.494 e. The Morgan fingerprint density at radius 3 is 2.66 bits per heavy atom. The first-order valence-electron chi connectivity index (χ1n) is 11.7. The Balaban J connectivity index is 1.41. The second-order valence-electron chi connectivity index (χ2n) is 8.48. The molecular weight excluding hydrogens is 464 g/mol. The zero-order valence-corrected chi connectivity index (χ0v) is 20.3. The average molecular weight is 493 g/mol. The first-order chi connectivity index (χ1) is 17.0. The van der Waals surface area contributed by atoms with Crippen molar-refractivity contribution in [1.82, 2.24) is 5.43 Å². The van der Waals surface area contributed by atoms with E-state index in [-0.39, 0.29) is 12.0 Å². The van der Waals surface area contributed by atoms with Gasteiger partial charge in [-0.1, -0.05) is 54.1 Å². The van der Waals surface area contributed by atoms with E-state index in [0.717, 1.165) is 22.4 Å². The number of hydrogen-bond acceptors (Lipinski definition) is 5. The maximum atomic E-state index is 12.2. The summed E-state index contributed by atoms with van der Waals surface area (Å²) in [6.45, 7) is 2.59. The normalized spacial score (nSPS) is 20.0. The highest BCUT2D eigenvalue weighted by Gasteiger charge is 2.29. The molecule has 0 aliphatic carbocycles. The van der Waals surface area contributed by atoms with Gasteiger partial charge in [0.05, 0.1) is 31.1 Å². The molecule has 6 nitrogen and oxygen atoms in total. The molecule has 1 saturated heterocycles. The van der Waals surface area contributed by atoms with Crippen LogP contribution in [0.2, 0.25) is 5.02 Å². The summed E-state index contributed by atoms with van der Waals surface area (Å²) in [5, 5.41) is 15.2. The van der Waals surface area contributed by atoms with Crippen molar-refractivity contribution in [2.24, 2.45) is 5.10 Å². The number of hydrogen-bond donors (Lipinski definition) is 2. The van der Waals surface area contributed by atoms with Crippen LogP contribution in [0.15, 0.2) is 77.9 Å². The van der Waals surface area contributed by atoms with Gasteiger partial charge in [-0.3, -0.25) is 4.79 Å². The number of nitrogens with zero attached hydrogens (tertiary/aromatic N) is 1. The van der Waals surface area contributed by atoms with Crippen molar-refractivity contribution < 1.29 is 19.4 Å². The number of nitrogens with one attached hydrogen (secondary N) is 1. The van der Waals surface area contributed by atoms with E-state index < -0.39 is 12.2 Å². The summed E-state index contributed by atoms with van der Waals surface area (Å²) < 4.78 is 11.7. The van der Waals surface area contributed by atoms with E-state index in [0.29, 0.717) is 36.5 Å². The number of aliphatic hydroxyl groups excluding tert-OH is 1. The molecule has 4 rings (SSSR count). The van der Waals surface area contributed by atoms with E-state index in [1.807, 2.05) is 55.5 Å². The van der Waals surface area contributed by atoms with Crippen molar-refractivity contribution in [2.75, 3.05) is 6.61 Å². The number of ether oxygens (including phenoxy) is 2. The lowest BCUT2D eigenvalue weighted by molar-refractivity contribution is -0.0681. The van der Waals surface area contributed by atoms with Gasteiger partial charge in [0.15, 0.2) is 0 Å². The van der Waals surface area contributed by atoms with Crippen molar-refractivity contribution in [3.8, 4) is 5.75 Å². The predicted molar refractivity (Wildman–Crippen MR) is 137 cm³/mol. The summed E-state index contributed by atoms with van der Waals surface area (Å²) in [6, 6.07) is 22.7. The second-order valence-corrected chi connectivity index (χ2v) is 8.89. The minimum absolute atomic E-state index is 0.300. The van der Waals surface area contributed by atoms with Gasteiger partial charge in [0.25, 0.3) is 5.91 Å². The Kier molecular flexibility index (Phi) is 8.53. The van der Waals surface area contributed by atoms with Crippen LogP contribution in [-0.2, 0) is 11.2 Å². The van der Waals surface area contributed by atoms with Crippen LogP contribution in [0.5, 0.6) is 5.75 Å². The van der Waals surface area contributed by atoms with Crippen molar-refractivity contribution in [3.05, 3.63) is 100 Å². The molecule has 7 heteroatoms. The molecule has 3 unspecified atom stereocenters. The van der Waals surface area contributed by atoms with E-state index in [1.54, 1.807) is 24.3 Å². The molecule has 0 spiro atoms. The second kappa shape index (κ2) is 12.0. The zero-order valence-electron chi connectivity index (χ0n) is 19.6. The molecule has 182 valence electrons. The molecule has 1 amide bonds. The number of carbonyl (C=O) groups is 1. The van der Waals surface area contributed by atoms with Gasteiger partial charge in [0.1, 0.15) is 5.75 Å². The number of halogens is 1. The fraction of sp³-hybridized carbons (Fsp3) is 0.286. The van der Waals surface area contributed by atoms with Gasteiger partial charge in [0.2, 0.25) is 0 Å². The van der Waals surface area contributed by atoms with Crippen molar-refractivity contribution in [1.29, 1.82) is 0 Å². The molecule has 1 aliphatic rings. The van der Waals surface area contributed by atoms with Crippen LogP contribution in [0, 0.1) is 0 Å². The Hall–Kier alpha value is -3.19. The fourth-order valence-electron chi connectivity index (χ4n) is 4.10. The summed E-state index contributed by atoms with van der Waals surface area (Å²) in [4.78, 5) is 12.2. The molecule has 1 fully saturated rings. The topological polar surface area (TPSA) is 80.2 Å². The molecule has 0 saturated carbocycles. The maximum Gasteiger partial charge on any atom is 0.271 e. The van der Waals surface area contributed by atoms with Gasteiger partial charge in [-0.25, -0.2) is 5.43 Å². The van der Waals surface area contributed by atoms with Crippen LogP contribution in [0.1, 0.15) is 52.9 Å². The molecule has 0 aromatic heterocycles. The van der Waals surface area contributed by atoms with Crippen LogP contribution < -0.4 is 10.2 Å². The summed E-state index contributed by atoms with van der Waals surface area (Å²) in [6.07, 6.45) is 1.82. The highest BCUT2D eigenvalue weighted by Crippen LogP contribution is 2.33. The number of carbonyl (C=O) groups excluding carboxylic acids is 1. The smallest absolute Gasteiger partial charge is 0.271 e. The highest BCUT2D eigenvalue weighted by atomic mass is 35.5. The standard InChI is InChI=1S/C28H29ClN2O4/c1-2-34-24-11-8-19(9-12-24)14-22-15-21(10-13-26(22)29)27-17-23(32)16-25(35-27)18-30-31-28(33)20-6-4-3-5-7-20/h3-13,15,18,23,25,27,32H,2,14,16-17H2,1H3,(H,31,33)/b30-18+. The van der Waals surface area contributed by atoms with E-state index in [4.69, 9.17) is 21.1 Å². The van der Waals surface area contributed by atoms with Gasteiger partial charge >= 0.3 is 0 Å². The molecule has 3 atom stereocenters. The Labute approximate surface area is 210 Å². The van der Waals surface area contributed by atoms with Crippen LogP contribution in [0.3, 0.4) is 0 Å². The minimum atomic E-state index is -0.541. The van der Waals surface area contributed by atoms with Crippen LogP contribution >= 0.6 is 11.6 Å². The molecule has 2 N–H and O–H groups in total.